The molecule has 0 aliphatic rings. The number of rotatable bonds is 2. The molecular formula is C6H13NO. The van der Waals surface area contributed by atoms with Crippen LogP contribution in [0.4, 0.5) is 0 Å². The third-order valence-electron chi connectivity index (χ3n) is 0.663. The van der Waals surface area contributed by atoms with Crippen molar-refractivity contribution in [3.05, 3.63) is 12.3 Å². The maximum atomic E-state index is 8.69. The van der Waals surface area contributed by atoms with Crippen LogP contribution in [0.5, 0.6) is 0 Å². The lowest BCUT2D eigenvalue weighted by Gasteiger charge is -2.03. The van der Waals surface area contributed by atoms with Crippen LogP contribution < -0.4 is 0 Å². The van der Waals surface area contributed by atoms with Crippen molar-refractivity contribution in [1.82, 2.24) is 4.90 Å². The molecule has 0 spiro atoms. The number of nitrogens with zero attached hydrogens (tertiary/aromatic N) is 1. The third kappa shape index (κ3) is 5.50. The van der Waals surface area contributed by atoms with Crippen molar-refractivity contribution >= 4 is 0 Å². The molecule has 48 valence electrons. The molecule has 0 aliphatic carbocycles. The summed E-state index contributed by atoms with van der Waals surface area (Å²) in [5, 5.41) is 8.69. The Balaban J connectivity index is 3.34. The van der Waals surface area contributed by atoms with E-state index >= 15 is 0 Å². The molecule has 0 amide bonds. The van der Waals surface area contributed by atoms with Crippen LogP contribution in [-0.4, -0.2) is 30.2 Å². The van der Waals surface area contributed by atoms with E-state index in [1.807, 2.05) is 25.2 Å². The van der Waals surface area contributed by atoms with E-state index in [2.05, 4.69) is 0 Å². The average molecular weight is 115 g/mol. The van der Waals surface area contributed by atoms with E-state index in [0.717, 1.165) is 0 Å². The molecule has 0 rings (SSSR count). The van der Waals surface area contributed by atoms with Crippen LogP contribution in [0.2, 0.25) is 0 Å². The van der Waals surface area contributed by atoms with Crippen LogP contribution in [0, 0.1) is 0 Å². The Morgan fingerprint density at radius 1 is 1.50 bits per heavy atom. The molecule has 2 heteroatoms. The lowest BCUT2D eigenvalue weighted by molar-refractivity contribution is 0.242. The summed E-state index contributed by atoms with van der Waals surface area (Å²) in [5.41, 5.74) is 0. The Bertz CT molecular complexity index is 66.6. The molecule has 0 saturated heterocycles. The van der Waals surface area contributed by atoms with Crippen LogP contribution in [-0.2, 0) is 0 Å². The predicted molar refractivity (Wildman–Crippen MR) is 34.5 cm³/mol. The van der Waals surface area contributed by atoms with E-state index in [0.29, 0.717) is 0 Å². The largest absolute Gasteiger partial charge is 0.389 e. The highest BCUT2D eigenvalue weighted by Crippen LogP contribution is 1.83. The van der Waals surface area contributed by atoms with Crippen molar-refractivity contribution < 1.29 is 5.11 Å². The predicted octanol–water partition coefficient (Wildman–Crippen LogP) is 0.442. The molecule has 1 unspecified atom stereocenters. The molecule has 0 radical (unpaired) electrons. The zero-order valence-electron chi connectivity index (χ0n) is 5.63. The van der Waals surface area contributed by atoms with Crippen molar-refractivity contribution in [2.24, 2.45) is 0 Å². The van der Waals surface area contributed by atoms with Crippen molar-refractivity contribution in [2.75, 3.05) is 14.1 Å². The van der Waals surface area contributed by atoms with Crippen molar-refractivity contribution in [2.45, 2.75) is 13.0 Å². The molecule has 8 heavy (non-hydrogen) atoms. The van der Waals surface area contributed by atoms with Crippen LogP contribution in [0.1, 0.15) is 6.92 Å². The first kappa shape index (κ1) is 7.50. The van der Waals surface area contributed by atoms with Gasteiger partial charge in [-0.05, 0) is 19.2 Å². The Morgan fingerprint density at radius 3 is 2.12 bits per heavy atom. The first-order valence-electron chi connectivity index (χ1n) is 2.65. The van der Waals surface area contributed by atoms with E-state index in [4.69, 9.17) is 5.11 Å². The molecule has 0 heterocycles. The molecule has 0 saturated carbocycles. The molecule has 0 aromatic rings. The maximum Gasteiger partial charge on any atom is 0.0709 e. The SMILES string of the molecule is CC(O)/C=C/N(C)C. The summed E-state index contributed by atoms with van der Waals surface area (Å²) in [5.74, 6) is 0. The fourth-order valence-corrected chi connectivity index (χ4v) is 0.297. The fourth-order valence-electron chi connectivity index (χ4n) is 0.297. The summed E-state index contributed by atoms with van der Waals surface area (Å²) >= 11 is 0. The quantitative estimate of drug-likeness (QED) is 0.564. The van der Waals surface area contributed by atoms with Gasteiger partial charge in [-0.25, -0.2) is 0 Å². The zero-order valence-corrected chi connectivity index (χ0v) is 5.63. The topological polar surface area (TPSA) is 23.5 Å². The number of aliphatic hydroxyl groups excluding tert-OH is 1. The number of aliphatic hydroxyl groups is 1. The average Bonchev–Trinajstić information content (AvgIpc) is 1.61. The van der Waals surface area contributed by atoms with Gasteiger partial charge in [0.15, 0.2) is 0 Å². The summed E-state index contributed by atoms with van der Waals surface area (Å²) < 4.78 is 0. The molecule has 0 fully saturated rings. The summed E-state index contributed by atoms with van der Waals surface area (Å²) in [6.07, 6.45) is 3.21. The van der Waals surface area contributed by atoms with Crippen LogP contribution in [0.3, 0.4) is 0 Å². The second-order valence-corrected chi connectivity index (χ2v) is 2.05. The van der Waals surface area contributed by atoms with Crippen molar-refractivity contribution in [1.29, 1.82) is 0 Å². The molecular weight excluding hydrogens is 102 g/mol. The van der Waals surface area contributed by atoms with Gasteiger partial charge in [-0.15, -0.1) is 0 Å². The Kier molecular flexibility index (Phi) is 3.28. The smallest absolute Gasteiger partial charge is 0.0709 e. The van der Waals surface area contributed by atoms with E-state index in [-0.39, 0.29) is 6.10 Å². The first-order chi connectivity index (χ1) is 3.63. The number of hydrogen-bond donors (Lipinski definition) is 1. The minimum atomic E-state index is -0.336. The molecule has 2 nitrogen and oxygen atoms in total. The standard InChI is InChI=1S/C6H13NO/c1-6(8)4-5-7(2)3/h4-6,8H,1-3H3/b5-4+. The third-order valence-corrected chi connectivity index (χ3v) is 0.663. The summed E-state index contributed by atoms with van der Waals surface area (Å²) in [6.45, 7) is 1.72. The van der Waals surface area contributed by atoms with E-state index in [1.54, 1.807) is 13.0 Å². The second-order valence-electron chi connectivity index (χ2n) is 2.05. The summed E-state index contributed by atoms with van der Waals surface area (Å²) in [6, 6.07) is 0. The molecule has 0 aromatic heterocycles. The van der Waals surface area contributed by atoms with Gasteiger partial charge in [-0.3, -0.25) is 0 Å². The Labute approximate surface area is 50.4 Å². The van der Waals surface area contributed by atoms with Crippen LogP contribution in [0.25, 0.3) is 0 Å². The summed E-state index contributed by atoms with van der Waals surface area (Å²) in [7, 11) is 3.83. The van der Waals surface area contributed by atoms with E-state index in [9.17, 15) is 0 Å². The number of hydrogen-bond acceptors (Lipinski definition) is 2. The van der Waals surface area contributed by atoms with Gasteiger partial charge < -0.3 is 10.0 Å². The lowest BCUT2D eigenvalue weighted by atomic mass is 10.4. The van der Waals surface area contributed by atoms with Crippen LogP contribution in [0.15, 0.2) is 12.3 Å². The van der Waals surface area contributed by atoms with Gasteiger partial charge in [0, 0.05) is 14.1 Å². The molecule has 0 aromatic carbocycles. The summed E-state index contributed by atoms with van der Waals surface area (Å²) in [4.78, 5) is 1.88. The van der Waals surface area contributed by atoms with Gasteiger partial charge in [0.25, 0.3) is 0 Å². The molecule has 1 N–H and O–H groups in total. The van der Waals surface area contributed by atoms with Gasteiger partial charge in [0.05, 0.1) is 6.10 Å². The highest BCUT2D eigenvalue weighted by molar-refractivity contribution is 4.83. The second kappa shape index (κ2) is 3.50. The minimum Gasteiger partial charge on any atom is -0.389 e. The Hall–Kier alpha value is -0.500. The van der Waals surface area contributed by atoms with Crippen molar-refractivity contribution in [3.63, 3.8) is 0 Å². The van der Waals surface area contributed by atoms with E-state index < -0.39 is 0 Å². The maximum absolute atomic E-state index is 8.69. The highest BCUT2D eigenvalue weighted by atomic mass is 16.3. The minimum absolute atomic E-state index is 0.336. The first-order valence-corrected chi connectivity index (χ1v) is 2.65. The zero-order chi connectivity index (χ0) is 6.57. The molecule has 0 bridgehead atoms. The fraction of sp³-hybridized carbons (Fsp3) is 0.667. The van der Waals surface area contributed by atoms with Gasteiger partial charge in [-0.2, -0.15) is 0 Å². The monoisotopic (exact) mass is 115 g/mol. The van der Waals surface area contributed by atoms with Gasteiger partial charge in [0.1, 0.15) is 0 Å². The molecule has 1 atom stereocenters. The highest BCUT2D eigenvalue weighted by Gasteiger charge is 1.83. The molecule has 0 aliphatic heterocycles. The Morgan fingerprint density at radius 2 is 2.00 bits per heavy atom. The lowest BCUT2D eigenvalue weighted by Crippen LogP contribution is -2.03. The van der Waals surface area contributed by atoms with Crippen molar-refractivity contribution in [3.8, 4) is 0 Å². The normalized spacial score (nSPS) is 14.5. The van der Waals surface area contributed by atoms with E-state index in [1.165, 1.54) is 0 Å². The van der Waals surface area contributed by atoms with Crippen LogP contribution >= 0.6 is 0 Å². The van der Waals surface area contributed by atoms with Gasteiger partial charge in [0.2, 0.25) is 0 Å². The van der Waals surface area contributed by atoms with Gasteiger partial charge >= 0.3 is 0 Å². The van der Waals surface area contributed by atoms with Gasteiger partial charge in [-0.1, -0.05) is 0 Å².